The highest BCUT2D eigenvalue weighted by Crippen LogP contribution is 2.03. The second-order valence-electron chi connectivity index (χ2n) is 9.78. The Morgan fingerprint density at radius 1 is 0.774 bits per heavy atom. The summed E-state index contributed by atoms with van der Waals surface area (Å²) in [5.74, 6) is -0.315. The molecule has 1 amide bonds. The molecule has 0 unspecified atom stereocenters. The molecule has 0 heterocycles. The van der Waals surface area contributed by atoms with E-state index in [2.05, 4.69) is 60.5 Å². The van der Waals surface area contributed by atoms with Crippen LogP contribution in [0.15, 0.2) is 24.3 Å². The first-order chi connectivity index (χ1) is 14.3. The van der Waals surface area contributed by atoms with Crippen LogP contribution < -0.4 is 5.32 Å². The van der Waals surface area contributed by atoms with Gasteiger partial charge in [0.1, 0.15) is 13.2 Å². The van der Waals surface area contributed by atoms with Crippen molar-refractivity contribution in [1.29, 1.82) is 0 Å². The minimum atomic E-state index is -0.287. The third-order valence-corrected chi connectivity index (χ3v) is 5.13. The van der Waals surface area contributed by atoms with Crippen LogP contribution in [0.2, 0.25) is 0 Å². The van der Waals surface area contributed by atoms with Crippen molar-refractivity contribution in [2.45, 2.75) is 59.8 Å². The van der Waals surface area contributed by atoms with Gasteiger partial charge in [0.2, 0.25) is 5.91 Å². The SMILES string of the molecule is C=C(C)C(=O)NCCC[N+](C)(C)CCCC.C=C(C)C(=O)OCC[N+](C)(C)CCCC. The lowest BCUT2D eigenvalue weighted by Crippen LogP contribution is -2.43. The van der Waals surface area contributed by atoms with Gasteiger partial charge in [-0.25, -0.2) is 4.79 Å². The molecule has 6 nitrogen and oxygen atoms in total. The fourth-order valence-electron chi connectivity index (χ4n) is 2.76. The van der Waals surface area contributed by atoms with E-state index >= 15 is 0 Å². The molecule has 0 aromatic heterocycles. The molecule has 0 fully saturated rings. The van der Waals surface area contributed by atoms with Crippen molar-refractivity contribution < 1.29 is 23.3 Å². The molecule has 0 aromatic rings. The number of quaternary nitrogens is 2. The van der Waals surface area contributed by atoms with Crippen LogP contribution in [0, 0.1) is 0 Å². The summed E-state index contributed by atoms with van der Waals surface area (Å²) in [4.78, 5) is 22.3. The van der Waals surface area contributed by atoms with Gasteiger partial charge in [0, 0.05) is 24.1 Å². The van der Waals surface area contributed by atoms with E-state index in [9.17, 15) is 9.59 Å². The highest BCUT2D eigenvalue weighted by Gasteiger charge is 2.15. The Labute approximate surface area is 192 Å². The smallest absolute Gasteiger partial charge is 0.333 e. The van der Waals surface area contributed by atoms with Crippen molar-refractivity contribution in [1.82, 2.24) is 5.32 Å². The Morgan fingerprint density at radius 3 is 1.65 bits per heavy atom. The van der Waals surface area contributed by atoms with Crippen LogP contribution in [-0.4, -0.2) is 88.4 Å². The minimum absolute atomic E-state index is 0.0288. The molecule has 0 atom stereocenters. The number of esters is 1. The van der Waals surface area contributed by atoms with E-state index in [0.29, 0.717) is 17.8 Å². The van der Waals surface area contributed by atoms with E-state index < -0.39 is 0 Å². The van der Waals surface area contributed by atoms with Gasteiger partial charge < -0.3 is 19.0 Å². The lowest BCUT2D eigenvalue weighted by Gasteiger charge is -2.29. The van der Waals surface area contributed by atoms with Crippen molar-refractivity contribution >= 4 is 11.9 Å². The van der Waals surface area contributed by atoms with Gasteiger partial charge in [-0.15, -0.1) is 0 Å². The van der Waals surface area contributed by atoms with Crippen molar-refractivity contribution in [3.8, 4) is 0 Å². The highest BCUT2D eigenvalue weighted by atomic mass is 16.5. The molecule has 1 N–H and O–H groups in total. The fourth-order valence-corrected chi connectivity index (χ4v) is 2.76. The molecule has 0 aromatic carbocycles. The van der Waals surface area contributed by atoms with Crippen LogP contribution in [0.4, 0.5) is 0 Å². The lowest BCUT2D eigenvalue weighted by molar-refractivity contribution is -0.890. The first kappa shape index (κ1) is 31.5. The summed E-state index contributed by atoms with van der Waals surface area (Å²) >= 11 is 0. The first-order valence-corrected chi connectivity index (χ1v) is 11.7. The number of hydrogen-bond acceptors (Lipinski definition) is 3. The molecule has 0 bridgehead atoms. The predicted octanol–water partition coefficient (Wildman–Crippen LogP) is 3.93. The molecule has 0 saturated carbocycles. The zero-order valence-electron chi connectivity index (χ0n) is 21.8. The van der Waals surface area contributed by atoms with Gasteiger partial charge in [0.05, 0.1) is 47.8 Å². The molecule has 0 aliphatic heterocycles. The van der Waals surface area contributed by atoms with Gasteiger partial charge in [-0.1, -0.05) is 39.8 Å². The number of carbonyl (C=O) groups excluding carboxylic acids is 2. The maximum atomic E-state index is 11.2. The monoisotopic (exact) mass is 441 g/mol. The zero-order chi connectivity index (χ0) is 24.5. The molecule has 0 radical (unpaired) electrons. The number of rotatable bonds is 15. The summed E-state index contributed by atoms with van der Waals surface area (Å²) in [6.07, 6.45) is 5.95. The van der Waals surface area contributed by atoms with Crippen LogP contribution in [0.5, 0.6) is 0 Å². The Kier molecular flexibility index (Phi) is 17.2. The van der Waals surface area contributed by atoms with Crippen LogP contribution in [0.25, 0.3) is 0 Å². The van der Waals surface area contributed by atoms with Gasteiger partial charge in [-0.05, 0) is 26.7 Å². The minimum Gasteiger partial charge on any atom is -0.456 e. The summed E-state index contributed by atoms with van der Waals surface area (Å²) in [6, 6.07) is 0. The molecular formula is C25H51N3O3+2. The number of likely N-dealkylation sites (N-methyl/N-ethyl adjacent to an activating group) is 1. The number of nitrogens with zero attached hydrogens (tertiary/aromatic N) is 2. The third kappa shape index (κ3) is 20.0. The van der Waals surface area contributed by atoms with Crippen molar-refractivity contribution in [3.63, 3.8) is 0 Å². The number of hydrogen-bond donors (Lipinski definition) is 1. The molecule has 0 rings (SSSR count). The Morgan fingerprint density at radius 2 is 1.23 bits per heavy atom. The Bertz CT molecular complexity index is 554. The molecule has 0 aliphatic rings. The molecule has 182 valence electrons. The summed E-state index contributed by atoms with van der Waals surface area (Å²) in [5, 5.41) is 2.86. The fraction of sp³-hybridized carbons (Fsp3) is 0.760. The van der Waals surface area contributed by atoms with Gasteiger partial charge in [0.15, 0.2) is 0 Å². The van der Waals surface area contributed by atoms with Crippen molar-refractivity contribution in [2.24, 2.45) is 0 Å². The van der Waals surface area contributed by atoms with Gasteiger partial charge >= 0.3 is 5.97 Å². The van der Waals surface area contributed by atoms with Gasteiger partial charge in [0.25, 0.3) is 0 Å². The summed E-state index contributed by atoms with van der Waals surface area (Å²) in [6.45, 7) is 20.5. The lowest BCUT2D eigenvalue weighted by atomic mass is 10.2. The molecule has 0 aliphatic carbocycles. The van der Waals surface area contributed by atoms with Crippen molar-refractivity contribution in [2.75, 3.05) is 67.5 Å². The van der Waals surface area contributed by atoms with E-state index in [1.807, 2.05) is 0 Å². The van der Waals surface area contributed by atoms with E-state index in [1.54, 1.807) is 13.8 Å². The molecule has 0 saturated heterocycles. The van der Waals surface area contributed by atoms with Crippen LogP contribution in [0.3, 0.4) is 0 Å². The Balaban J connectivity index is 0. The average molecular weight is 442 g/mol. The van der Waals surface area contributed by atoms with E-state index in [-0.39, 0.29) is 11.9 Å². The van der Waals surface area contributed by atoms with E-state index in [0.717, 1.165) is 41.6 Å². The average Bonchev–Trinajstić information content (AvgIpc) is 2.68. The summed E-state index contributed by atoms with van der Waals surface area (Å²) in [5.41, 5.74) is 1.05. The summed E-state index contributed by atoms with van der Waals surface area (Å²) in [7, 11) is 8.81. The van der Waals surface area contributed by atoms with Crippen LogP contribution >= 0.6 is 0 Å². The molecular weight excluding hydrogens is 390 g/mol. The highest BCUT2D eigenvalue weighted by molar-refractivity contribution is 5.92. The molecule has 6 heteroatoms. The second kappa shape index (κ2) is 17.0. The quantitative estimate of drug-likeness (QED) is 0.181. The normalized spacial score (nSPS) is 11.2. The van der Waals surface area contributed by atoms with Crippen LogP contribution in [-0.2, 0) is 14.3 Å². The van der Waals surface area contributed by atoms with Gasteiger partial charge in [-0.2, -0.15) is 0 Å². The topological polar surface area (TPSA) is 55.4 Å². The van der Waals surface area contributed by atoms with Crippen molar-refractivity contribution in [3.05, 3.63) is 24.3 Å². The summed E-state index contributed by atoms with van der Waals surface area (Å²) < 4.78 is 7.00. The number of carbonyl (C=O) groups is 2. The van der Waals surface area contributed by atoms with E-state index in [1.165, 1.54) is 32.2 Å². The maximum absolute atomic E-state index is 11.2. The third-order valence-electron chi connectivity index (χ3n) is 5.13. The largest absolute Gasteiger partial charge is 0.456 e. The standard InChI is InChI=1S/C13H26N2O.C12H24NO2/c1-6-7-10-15(4,5)11-8-9-14-13(16)12(2)3;1-6-7-8-13(4,5)9-10-15-12(14)11(2)3/h2,6-11H2,1,3-5H3;2,6-10H2,1,3-5H3/q;+1/p+1. The second-order valence-corrected chi connectivity index (χ2v) is 9.78. The van der Waals surface area contributed by atoms with Crippen LogP contribution in [0.1, 0.15) is 59.8 Å². The number of unbranched alkanes of at least 4 members (excludes halogenated alkanes) is 2. The first-order valence-electron chi connectivity index (χ1n) is 11.7. The number of amides is 1. The Hall–Kier alpha value is -1.66. The van der Waals surface area contributed by atoms with Gasteiger partial charge in [-0.3, -0.25) is 4.79 Å². The predicted molar refractivity (Wildman–Crippen MR) is 132 cm³/mol. The number of nitrogens with one attached hydrogen (secondary N) is 1. The molecule has 31 heavy (non-hydrogen) atoms. The maximum Gasteiger partial charge on any atom is 0.333 e. The molecule has 0 spiro atoms. The zero-order valence-corrected chi connectivity index (χ0v) is 21.8. The van der Waals surface area contributed by atoms with E-state index in [4.69, 9.17) is 4.74 Å². The number of ether oxygens (including phenoxy) is 1.